The average molecular weight is 228 g/mol. The third kappa shape index (κ3) is 2.26. The van der Waals surface area contributed by atoms with E-state index in [-0.39, 0.29) is 17.6 Å². The quantitative estimate of drug-likeness (QED) is 0.581. The van der Waals surface area contributed by atoms with Gasteiger partial charge in [0, 0.05) is 5.92 Å². The zero-order valence-electron chi connectivity index (χ0n) is 10.3. The first kappa shape index (κ1) is 13.2. The fraction of sp³-hybridized carbons (Fsp3) is 0.833. The van der Waals surface area contributed by atoms with Crippen molar-refractivity contribution in [2.45, 2.75) is 46.3 Å². The molecule has 0 aromatic rings. The molecular weight excluding hydrogens is 208 g/mol. The largest absolute Gasteiger partial charge is 0.461 e. The molecule has 1 saturated heterocycles. The van der Waals surface area contributed by atoms with Crippen LogP contribution in [0.5, 0.6) is 0 Å². The van der Waals surface area contributed by atoms with Crippen molar-refractivity contribution in [1.29, 1.82) is 0 Å². The molecule has 0 aliphatic carbocycles. The van der Waals surface area contributed by atoms with E-state index in [4.69, 9.17) is 4.74 Å². The van der Waals surface area contributed by atoms with Gasteiger partial charge in [0.25, 0.3) is 0 Å². The predicted octanol–water partition coefficient (Wildman–Crippen LogP) is 1.16. The second-order valence-corrected chi connectivity index (χ2v) is 4.65. The standard InChI is InChI=1S/C12H20O4/c1-5-9(13)6(2)11-7(3)10(14)8(4)12(15)16-11/h6-9,11,13H,5H2,1-4H3/t6-,7-,8+,9+,11-/m0/s1. The van der Waals surface area contributed by atoms with E-state index >= 15 is 0 Å². The number of ether oxygens (including phenoxy) is 1. The number of aliphatic hydroxyl groups excluding tert-OH is 1. The van der Waals surface area contributed by atoms with E-state index in [0.29, 0.717) is 6.42 Å². The van der Waals surface area contributed by atoms with Crippen LogP contribution < -0.4 is 0 Å². The summed E-state index contributed by atoms with van der Waals surface area (Å²) in [5.74, 6) is -1.76. The van der Waals surface area contributed by atoms with Crippen LogP contribution in [-0.2, 0) is 14.3 Å². The van der Waals surface area contributed by atoms with Gasteiger partial charge in [0.1, 0.15) is 12.0 Å². The maximum Gasteiger partial charge on any atom is 0.316 e. The van der Waals surface area contributed by atoms with E-state index in [1.165, 1.54) is 0 Å². The van der Waals surface area contributed by atoms with Crippen LogP contribution in [0.1, 0.15) is 34.1 Å². The topological polar surface area (TPSA) is 63.6 Å². The molecule has 0 radical (unpaired) electrons. The number of cyclic esters (lactones) is 1. The Balaban J connectivity index is 2.81. The molecule has 4 nitrogen and oxygen atoms in total. The number of hydrogen-bond acceptors (Lipinski definition) is 4. The lowest BCUT2D eigenvalue weighted by Crippen LogP contribution is -2.48. The van der Waals surface area contributed by atoms with Crippen molar-refractivity contribution >= 4 is 11.8 Å². The van der Waals surface area contributed by atoms with Crippen LogP contribution in [0.4, 0.5) is 0 Å². The third-order valence-corrected chi connectivity index (χ3v) is 3.52. The average Bonchev–Trinajstić information content (AvgIpc) is 2.29. The summed E-state index contributed by atoms with van der Waals surface area (Å²) in [6, 6.07) is 0. The Morgan fingerprint density at radius 3 is 2.44 bits per heavy atom. The van der Waals surface area contributed by atoms with Crippen LogP contribution in [-0.4, -0.2) is 29.1 Å². The van der Waals surface area contributed by atoms with Crippen molar-refractivity contribution in [2.24, 2.45) is 17.8 Å². The summed E-state index contributed by atoms with van der Waals surface area (Å²) in [4.78, 5) is 23.2. The summed E-state index contributed by atoms with van der Waals surface area (Å²) >= 11 is 0. The zero-order valence-corrected chi connectivity index (χ0v) is 10.3. The first-order chi connectivity index (χ1) is 7.40. The minimum absolute atomic E-state index is 0.0867. The van der Waals surface area contributed by atoms with Crippen LogP contribution in [0.15, 0.2) is 0 Å². The van der Waals surface area contributed by atoms with Gasteiger partial charge in [0.15, 0.2) is 5.78 Å². The summed E-state index contributed by atoms with van der Waals surface area (Å²) in [5, 5.41) is 9.73. The normalized spacial score (nSPS) is 34.4. The van der Waals surface area contributed by atoms with Crippen LogP contribution in [0, 0.1) is 17.8 Å². The van der Waals surface area contributed by atoms with E-state index < -0.39 is 24.1 Å². The smallest absolute Gasteiger partial charge is 0.316 e. The van der Waals surface area contributed by atoms with Gasteiger partial charge >= 0.3 is 5.97 Å². The lowest BCUT2D eigenvalue weighted by molar-refractivity contribution is -0.175. The molecule has 1 N–H and O–H groups in total. The Hall–Kier alpha value is -0.900. The van der Waals surface area contributed by atoms with Crippen LogP contribution in [0.2, 0.25) is 0 Å². The molecule has 0 saturated carbocycles. The number of hydrogen-bond donors (Lipinski definition) is 1. The minimum atomic E-state index is -0.669. The second-order valence-electron chi connectivity index (χ2n) is 4.65. The molecule has 0 aromatic heterocycles. The highest BCUT2D eigenvalue weighted by Gasteiger charge is 2.43. The number of esters is 1. The lowest BCUT2D eigenvalue weighted by atomic mass is 9.80. The zero-order chi connectivity index (χ0) is 12.5. The molecule has 4 heteroatoms. The summed E-state index contributed by atoms with van der Waals surface area (Å²) in [6.07, 6.45) is -0.446. The Morgan fingerprint density at radius 2 is 1.94 bits per heavy atom. The number of carbonyl (C=O) groups is 2. The maximum atomic E-state index is 11.8. The molecular formula is C12H20O4. The molecule has 0 bridgehead atoms. The van der Waals surface area contributed by atoms with Crippen molar-refractivity contribution in [2.75, 3.05) is 0 Å². The Bertz CT molecular complexity index is 287. The number of aliphatic hydroxyl groups is 1. The number of carbonyl (C=O) groups excluding carboxylic acids is 2. The molecule has 1 aliphatic rings. The molecule has 16 heavy (non-hydrogen) atoms. The Morgan fingerprint density at radius 1 is 1.38 bits per heavy atom. The third-order valence-electron chi connectivity index (χ3n) is 3.52. The highest BCUT2D eigenvalue weighted by Crippen LogP contribution is 2.29. The SMILES string of the molecule is CC[C@@H](O)[C@H](C)[C@@H]1OC(=O)[C@H](C)C(=O)[C@@H]1C. The predicted molar refractivity (Wildman–Crippen MR) is 58.7 cm³/mol. The molecule has 1 heterocycles. The maximum absolute atomic E-state index is 11.8. The van der Waals surface area contributed by atoms with Crippen molar-refractivity contribution in [3.63, 3.8) is 0 Å². The highest BCUT2D eigenvalue weighted by atomic mass is 16.5. The van der Waals surface area contributed by atoms with Gasteiger partial charge in [-0.15, -0.1) is 0 Å². The monoisotopic (exact) mass is 228 g/mol. The van der Waals surface area contributed by atoms with E-state index in [1.807, 2.05) is 13.8 Å². The highest BCUT2D eigenvalue weighted by molar-refractivity contribution is 6.01. The fourth-order valence-corrected chi connectivity index (χ4v) is 2.16. The molecule has 0 spiro atoms. The molecule has 5 atom stereocenters. The molecule has 1 fully saturated rings. The van der Waals surface area contributed by atoms with Gasteiger partial charge in [0.2, 0.25) is 0 Å². The summed E-state index contributed by atoms with van der Waals surface area (Å²) in [7, 11) is 0. The van der Waals surface area contributed by atoms with Gasteiger partial charge in [-0.1, -0.05) is 20.8 Å². The van der Waals surface area contributed by atoms with E-state index in [2.05, 4.69) is 0 Å². The summed E-state index contributed by atoms with van der Waals surface area (Å²) < 4.78 is 5.25. The molecule has 92 valence electrons. The van der Waals surface area contributed by atoms with Crippen LogP contribution >= 0.6 is 0 Å². The van der Waals surface area contributed by atoms with E-state index in [9.17, 15) is 14.7 Å². The first-order valence-corrected chi connectivity index (χ1v) is 5.82. The van der Waals surface area contributed by atoms with Gasteiger partial charge < -0.3 is 9.84 Å². The summed E-state index contributed by atoms with van der Waals surface area (Å²) in [5.41, 5.74) is 0. The second kappa shape index (κ2) is 4.95. The number of rotatable bonds is 3. The summed E-state index contributed by atoms with van der Waals surface area (Å²) in [6.45, 7) is 7.00. The fourth-order valence-electron chi connectivity index (χ4n) is 2.16. The van der Waals surface area contributed by atoms with Gasteiger partial charge in [-0.2, -0.15) is 0 Å². The van der Waals surface area contributed by atoms with E-state index in [1.54, 1.807) is 13.8 Å². The number of Topliss-reactive ketones (excluding diaryl/α,β-unsaturated/α-hetero) is 1. The molecule has 1 rings (SSSR count). The first-order valence-electron chi connectivity index (χ1n) is 5.82. The van der Waals surface area contributed by atoms with Crippen molar-refractivity contribution in [1.82, 2.24) is 0 Å². The van der Waals surface area contributed by atoms with Gasteiger partial charge in [-0.25, -0.2) is 0 Å². The van der Waals surface area contributed by atoms with E-state index in [0.717, 1.165) is 0 Å². The van der Waals surface area contributed by atoms with Crippen molar-refractivity contribution in [3.8, 4) is 0 Å². The lowest BCUT2D eigenvalue weighted by Gasteiger charge is -2.36. The van der Waals surface area contributed by atoms with Gasteiger partial charge in [0.05, 0.1) is 12.0 Å². The molecule has 1 aliphatic heterocycles. The Labute approximate surface area is 96.0 Å². The molecule has 0 unspecified atom stereocenters. The Kier molecular flexibility index (Phi) is 4.08. The minimum Gasteiger partial charge on any atom is -0.461 e. The molecule has 0 aromatic carbocycles. The van der Waals surface area contributed by atoms with Crippen molar-refractivity contribution < 1.29 is 19.4 Å². The number of ketones is 1. The molecule has 0 amide bonds. The van der Waals surface area contributed by atoms with Gasteiger partial charge in [-0.3, -0.25) is 9.59 Å². The van der Waals surface area contributed by atoms with Crippen molar-refractivity contribution in [3.05, 3.63) is 0 Å². The van der Waals surface area contributed by atoms with Crippen LogP contribution in [0.3, 0.4) is 0 Å². The van der Waals surface area contributed by atoms with Gasteiger partial charge in [-0.05, 0) is 13.3 Å². The van der Waals surface area contributed by atoms with Crippen LogP contribution in [0.25, 0.3) is 0 Å².